The van der Waals surface area contributed by atoms with Gasteiger partial charge in [0.05, 0.1) is 11.1 Å². The predicted molar refractivity (Wildman–Crippen MR) is 149 cm³/mol. The molecule has 2 N–H and O–H groups in total. The first-order valence-electron chi connectivity index (χ1n) is 13.7. The zero-order valence-electron chi connectivity index (χ0n) is 22.5. The second-order valence-corrected chi connectivity index (χ2v) is 11.0. The molecule has 1 saturated heterocycles. The van der Waals surface area contributed by atoms with Gasteiger partial charge in [0.15, 0.2) is 0 Å². The van der Waals surface area contributed by atoms with Crippen LogP contribution < -0.4 is 15.8 Å². The van der Waals surface area contributed by atoms with E-state index >= 15 is 0 Å². The van der Waals surface area contributed by atoms with Crippen molar-refractivity contribution in [3.8, 4) is 0 Å². The summed E-state index contributed by atoms with van der Waals surface area (Å²) in [7, 11) is 0. The second-order valence-electron chi connectivity index (χ2n) is 11.0. The summed E-state index contributed by atoms with van der Waals surface area (Å²) in [5, 5.41) is 4.13. The highest BCUT2D eigenvalue weighted by atomic mass is 16.2. The molecule has 2 heterocycles. The number of hydrogen-bond donors (Lipinski definition) is 2. The van der Waals surface area contributed by atoms with Gasteiger partial charge < -0.3 is 10.2 Å². The molecular weight excluding hydrogens is 478 g/mol. The third kappa shape index (κ3) is 4.91. The zero-order valence-corrected chi connectivity index (χ0v) is 22.5. The van der Waals surface area contributed by atoms with Crippen molar-refractivity contribution in [2.24, 2.45) is 16.3 Å². The van der Waals surface area contributed by atoms with E-state index in [-0.39, 0.29) is 11.8 Å². The average Bonchev–Trinajstić information content (AvgIpc) is 3.56. The van der Waals surface area contributed by atoms with E-state index in [0.29, 0.717) is 17.8 Å². The smallest absolute Gasteiger partial charge is 0.338 e. The molecule has 0 spiro atoms. The largest absolute Gasteiger partial charge is 0.342 e. The van der Waals surface area contributed by atoms with Crippen LogP contribution in [0.2, 0.25) is 0 Å². The highest BCUT2D eigenvalue weighted by Gasteiger charge is 2.66. The molecule has 4 amide bonds. The van der Waals surface area contributed by atoms with Gasteiger partial charge in [-0.3, -0.25) is 14.6 Å². The lowest BCUT2D eigenvalue weighted by atomic mass is 9.90. The third-order valence-corrected chi connectivity index (χ3v) is 8.19. The Bertz CT molecular complexity index is 1270. The summed E-state index contributed by atoms with van der Waals surface area (Å²) in [4.78, 5) is 48.1. The van der Waals surface area contributed by atoms with Crippen molar-refractivity contribution < 1.29 is 14.4 Å². The van der Waals surface area contributed by atoms with Crippen LogP contribution in [0.25, 0.3) is 0 Å². The fourth-order valence-corrected chi connectivity index (χ4v) is 5.98. The van der Waals surface area contributed by atoms with Crippen molar-refractivity contribution in [1.29, 1.82) is 0 Å². The molecule has 2 fully saturated rings. The highest BCUT2D eigenvalue weighted by molar-refractivity contribution is 6.10. The molecule has 2 aliphatic heterocycles. The lowest BCUT2D eigenvalue weighted by Gasteiger charge is -2.33. The number of hydrazine groups is 1. The summed E-state index contributed by atoms with van der Waals surface area (Å²) in [6, 6.07) is 11.7. The molecule has 5 rings (SSSR count). The van der Waals surface area contributed by atoms with Crippen molar-refractivity contribution in [2.45, 2.75) is 65.3 Å². The van der Waals surface area contributed by atoms with Crippen molar-refractivity contribution in [3.63, 3.8) is 0 Å². The van der Waals surface area contributed by atoms with E-state index in [1.54, 1.807) is 12.3 Å². The maximum atomic E-state index is 14.2. The summed E-state index contributed by atoms with van der Waals surface area (Å²) < 4.78 is 0. The first-order chi connectivity index (χ1) is 18.3. The number of aryl methyl sites for hydroxylation is 2. The van der Waals surface area contributed by atoms with E-state index in [9.17, 15) is 14.4 Å². The molecule has 38 heavy (non-hydrogen) atoms. The Kier molecular flexibility index (Phi) is 7.23. The molecule has 0 aromatic heterocycles. The number of anilines is 2. The number of rotatable bonds is 4. The van der Waals surface area contributed by atoms with Gasteiger partial charge in [-0.2, -0.15) is 0 Å². The van der Waals surface area contributed by atoms with Gasteiger partial charge in [0.1, 0.15) is 6.04 Å². The normalized spacial score (nSPS) is 25.1. The number of carbonyl (C=O) groups is 3. The standard InChI is InChI=1S/C30H37N5O3/c1-20-11-9-14-24(17-20)32-29(38)33-35-25-21(2)12-10-13-23(25)19-31-26(27(35)36)30(18-22(30)3)28(37)34-15-7-5-4-6-8-16-34/h9-14,17,19,22,26H,4-8,15-16,18H2,1-3H3,(H2,32,33,38). The molecule has 200 valence electrons. The monoisotopic (exact) mass is 515 g/mol. The van der Waals surface area contributed by atoms with Crippen molar-refractivity contribution in [1.82, 2.24) is 10.3 Å². The predicted octanol–water partition coefficient (Wildman–Crippen LogP) is 4.99. The molecule has 3 aliphatic rings. The molecule has 3 unspecified atom stereocenters. The van der Waals surface area contributed by atoms with Crippen molar-refractivity contribution in [2.75, 3.05) is 23.4 Å². The summed E-state index contributed by atoms with van der Waals surface area (Å²) in [6.45, 7) is 7.31. The third-order valence-electron chi connectivity index (χ3n) is 8.19. The molecular formula is C30H37N5O3. The van der Waals surface area contributed by atoms with Gasteiger partial charge in [-0.05, 0) is 62.3 Å². The van der Waals surface area contributed by atoms with Crippen molar-refractivity contribution in [3.05, 3.63) is 59.2 Å². The van der Waals surface area contributed by atoms with Crippen LogP contribution in [-0.4, -0.2) is 48.1 Å². The number of likely N-dealkylation sites (tertiary alicyclic amines) is 1. The number of benzodiazepines with no additional fused rings is 1. The van der Waals surface area contributed by atoms with Gasteiger partial charge in [0.2, 0.25) is 5.91 Å². The number of amides is 4. The maximum Gasteiger partial charge on any atom is 0.338 e. The van der Waals surface area contributed by atoms with Crippen molar-refractivity contribution >= 4 is 35.4 Å². The number of hydrogen-bond acceptors (Lipinski definition) is 4. The van der Waals surface area contributed by atoms with Gasteiger partial charge in [0, 0.05) is 30.6 Å². The lowest BCUT2D eigenvalue weighted by Crippen LogP contribution is -2.56. The second kappa shape index (κ2) is 10.6. The van der Waals surface area contributed by atoms with Gasteiger partial charge in [-0.15, -0.1) is 0 Å². The van der Waals surface area contributed by atoms with E-state index in [4.69, 9.17) is 4.99 Å². The maximum absolute atomic E-state index is 14.2. The number of nitrogens with one attached hydrogen (secondary N) is 2. The quantitative estimate of drug-likeness (QED) is 0.601. The molecule has 1 saturated carbocycles. The average molecular weight is 516 g/mol. The van der Waals surface area contributed by atoms with Crippen LogP contribution in [0.15, 0.2) is 47.5 Å². The molecule has 8 heteroatoms. The molecule has 2 aromatic carbocycles. The number of nitrogens with zero attached hydrogens (tertiary/aromatic N) is 3. The Labute approximate surface area is 224 Å². The number of urea groups is 1. The Morgan fingerprint density at radius 2 is 1.68 bits per heavy atom. The van der Waals surface area contributed by atoms with Gasteiger partial charge >= 0.3 is 6.03 Å². The minimum atomic E-state index is -0.915. The van der Waals surface area contributed by atoms with E-state index < -0.39 is 23.4 Å². The molecule has 3 atom stereocenters. The van der Waals surface area contributed by atoms with Crippen LogP contribution in [0.3, 0.4) is 0 Å². The highest BCUT2D eigenvalue weighted by Crippen LogP contribution is 2.58. The molecule has 0 bridgehead atoms. The SMILES string of the molecule is Cc1cccc(NC(=O)NN2C(=O)C(C3(C(=O)N4CCCCCCC4)CC3C)N=Cc3cccc(C)c32)c1. The summed E-state index contributed by atoms with van der Waals surface area (Å²) in [6.07, 6.45) is 7.71. The van der Waals surface area contributed by atoms with Gasteiger partial charge in [-0.1, -0.05) is 56.5 Å². The number of fused-ring (bicyclic) bond motifs is 1. The topological polar surface area (TPSA) is 94.1 Å². The minimum absolute atomic E-state index is 0.0224. The van der Waals surface area contributed by atoms with Crippen LogP contribution in [0.1, 0.15) is 62.1 Å². The Balaban J connectivity index is 1.46. The number of para-hydroxylation sites is 1. The summed E-state index contributed by atoms with van der Waals surface area (Å²) in [5.74, 6) is -0.343. The Hall–Kier alpha value is -3.68. The van der Waals surface area contributed by atoms with E-state index in [1.165, 1.54) is 11.4 Å². The summed E-state index contributed by atoms with van der Waals surface area (Å²) >= 11 is 0. The molecule has 8 nitrogen and oxygen atoms in total. The van der Waals surface area contributed by atoms with Gasteiger partial charge in [0.25, 0.3) is 5.91 Å². The van der Waals surface area contributed by atoms with E-state index in [2.05, 4.69) is 10.7 Å². The Morgan fingerprint density at radius 3 is 2.37 bits per heavy atom. The van der Waals surface area contributed by atoms with Gasteiger partial charge in [-0.25, -0.2) is 15.2 Å². The van der Waals surface area contributed by atoms with E-state index in [1.807, 2.05) is 62.1 Å². The zero-order chi connectivity index (χ0) is 26.9. The number of aliphatic imine (C=N–C) groups is 1. The summed E-state index contributed by atoms with van der Waals surface area (Å²) in [5.41, 5.74) is 5.65. The van der Waals surface area contributed by atoms with Crippen LogP contribution in [0.4, 0.5) is 16.2 Å². The molecule has 2 aromatic rings. The minimum Gasteiger partial charge on any atom is -0.342 e. The Morgan fingerprint density at radius 1 is 1.00 bits per heavy atom. The fraction of sp³-hybridized carbons (Fsp3) is 0.467. The van der Waals surface area contributed by atoms with Crippen LogP contribution in [-0.2, 0) is 9.59 Å². The first kappa shape index (κ1) is 25.9. The fourth-order valence-electron chi connectivity index (χ4n) is 5.98. The molecule has 1 aliphatic carbocycles. The first-order valence-corrected chi connectivity index (χ1v) is 13.7. The van der Waals surface area contributed by atoms with Crippen LogP contribution in [0, 0.1) is 25.2 Å². The molecule has 0 radical (unpaired) electrons. The van der Waals surface area contributed by atoms with Crippen LogP contribution in [0.5, 0.6) is 0 Å². The van der Waals surface area contributed by atoms with Crippen LogP contribution >= 0.6 is 0 Å². The van der Waals surface area contributed by atoms with E-state index in [0.717, 1.165) is 55.5 Å². The number of benzene rings is 2. The lowest BCUT2D eigenvalue weighted by molar-refractivity contribution is -0.141. The number of carbonyl (C=O) groups excluding carboxylic acids is 3.